The lowest BCUT2D eigenvalue weighted by Gasteiger charge is -2.25. The average Bonchev–Trinajstić information content (AvgIpc) is 2.67. The highest BCUT2D eigenvalue weighted by molar-refractivity contribution is 5.94. The summed E-state index contributed by atoms with van der Waals surface area (Å²) in [6.45, 7) is 4.12. The topological polar surface area (TPSA) is 23.5 Å². The molecule has 0 aliphatic heterocycles. The minimum absolute atomic E-state index is 0.113. The highest BCUT2D eigenvalue weighted by Crippen LogP contribution is 2.27. The summed E-state index contributed by atoms with van der Waals surface area (Å²) in [6.07, 6.45) is 0.520. The quantitative estimate of drug-likeness (QED) is 0.692. The molecule has 0 fully saturated rings. The molecule has 0 atom stereocenters. The van der Waals surface area contributed by atoms with Crippen LogP contribution >= 0.6 is 0 Å². The minimum atomic E-state index is 0.113. The molecule has 0 spiro atoms. The van der Waals surface area contributed by atoms with Crippen LogP contribution in [0, 0.1) is 11.8 Å². The molecule has 0 saturated heterocycles. The maximum Gasteiger partial charge on any atom is 0.0540 e. The summed E-state index contributed by atoms with van der Waals surface area (Å²) in [4.78, 5) is 2.40. The number of nitrogens with zero attached hydrogens (tertiary/aromatic N) is 1. The molecule has 0 bridgehead atoms. The molecule has 0 saturated carbocycles. The molecule has 0 unspecified atom stereocenters. The van der Waals surface area contributed by atoms with Crippen molar-refractivity contribution in [3.8, 4) is 11.8 Å². The first-order valence-electron chi connectivity index (χ1n) is 8.73. The zero-order chi connectivity index (χ0) is 17.5. The Kier molecular flexibility index (Phi) is 5.72. The van der Waals surface area contributed by atoms with Crippen LogP contribution in [-0.4, -0.2) is 18.3 Å². The summed E-state index contributed by atoms with van der Waals surface area (Å²) in [5.41, 5.74) is 3.53. The maximum absolute atomic E-state index is 8.79. The molecule has 0 amide bonds. The van der Waals surface area contributed by atoms with E-state index in [0.29, 0.717) is 6.42 Å². The van der Waals surface area contributed by atoms with Gasteiger partial charge in [-0.25, -0.2) is 0 Å². The van der Waals surface area contributed by atoms with E-state index < -0.39 is 0 Å². The van der Waals surface area contributed by atoms with E-state index in [1.807, 2.05) is 0 Å². The van der Waals surface area contributed by atoms with Crippen molar-refractivity contribution in [3.63, 3.8) is 0 Å². The van der Waals surface area contributed by atoms with Gasteiger partial charge in [0, 0.05) is 36.1 Å². The average molecular weight is 329 g/mol. The molecule has 0 aliphatic rings. The summed E-state index contributed by atoms with van der Waals surface area (Å²) in [7, 11) is 0. The van der Waals surface area contributed by atoms with E-state index in [-0.39, 0.29) is 6.61 Å². The van der Waals surface area contributed by atoms with Gasteiger partial charge in [0.1, 0.15) is 0 Å². The smallest absolute Gasteiger partial charge is 0.0540 e. The van der Waals surface area contributed by atoms with E-state index in [2.05, 4.69) is 90.4 Å². The van der Waals surface area contributed by atoms with Gasteiger partial charge >= 0.3 is 0 Å². The lowest BCUT2D eigenvalue weighted by Crippen LogP contribution is -2.22. The molecule has 25 heavy (non-hydrogen) atoms. The fourth-order valence-electron chi connectivity index (χ4n) is 2.99. The van der Waals surface area contributed by atoms with Gasteiger partial charge in [-0.1, -0.05) is 60.4 Å². The number of benzene rings is 3. The molecule has 1 N–H and O–H groups in total. The van der Waals surface area contributed by atoms with Gasteiger partial charge in [-0.15, -0.1) is 0 Å². The van der Waals surface area contributed by atoms with Crippen LogP contribution < -0.4 is 4.90 Å². The predicted octanol–water partition coefficient (Wildman–Crippen LogP) is 4.60. The van der Waals surface area contributed by atoms with E-state index >= 15 is 0 Å². The maximum atomic E-state index is 8.79. The normalized spacial score (nSPS) is 10.3. The first-order valence-corrected chi connectivity index (χ1v) is 8.73. The number of hydrogen-bond acceptors (Lipinski definition) is 2. The van der Waals surface area contributed by atoms with Crippen LogP contribution in [0.15, 0.2) is 66.7 Å². The summed E-state index contributed by atoms with van der Waals surface area (Å²) in [5.74, 6) is 6.03. The Bertz CT molecular complexity index is 882. The van der Waals surface area contributed by atoms with Crippen molar-refractivity contribution in [1.29, 1.82) is 0 Å². The van der Waals surface area contributed by atoms with Crippen molar-refractivity contribution in [2.45, 2.75) is 19.9 Å². The number of fused-ring (bicyclic) bond motifs is 1. The van der Waals surface area contributed by atoms with Crippen molar-refractivity contribution in [2.75, 3.05) is 18.1 Å². The van der Waals surface area contributed by atoms with E-state index in [4.69, 9.17) is 5.11 Å². The van der Waals surface area contributed by atoms with E-state index in [1.165, 1.54) is 22.0 Å². The largest absolute Gasteiger partial charge is 0.395 e. The second-order valence-corrected chi connectivity index (χ2v) is 5.98. The van der Waals surface area contributed by atoms with Crippen LogP contribution in [0.1, 0.15) is 24.5 Å². The Hall–Kier alpha value is -2.76. The van der Waals surface area contributed by atoms with E-state index in [9.17, 15) is 0 Å². The van der Waals surface area contributed by atoms with Crippen LogP contribution in [0.2, 0.25) is 0 Å². The summed E-state index contributed by atoms with van der Waals surface area (Å²) < 4.78 is 0. The molecule has 3 rings (SSSR count). The van der Waals surface area contributed by atoms with Crippen molar-refractivity contribution < 1.29 is 5.11 Å². The van der Waals surface area contributed by atoms with Gasteiger partial charge in [-0.05, 0) is 36.1 Å². The fraction of sp³-hybridized carbons (Fsp3) is 0.217. The molecule has 126 valence electrons. The van der Waals surface area contributed by atoms with Gasteiger partial charge in [0.05, 0.1) is 6.61 Å². The highest BCUT2D eigenvalue weighted by atomic mass is 16.2. The molecule has 0 aromatic heterocycles. The highest BCUT2D eigenvalue weighted by Gasteiger charge is 2.09. The lowest BCUT2D eigenvalue weighted by atomic mass is 10.1. The van der Waals surface area contributed by atoms with Gasteiger partial charge in [-0.3, -0.25) is 0 Å². The molecule has 0 aliphatic carbocycles. The molecular weight excluding hydrogens is 306 g/mol. The molecule has 0 heterocycles. The third-order valence-corrected chi connectivity index (χ3v) is 4.29. The first kappa shape index (κ1) is 17.1. The summed E-state index contributed by atoms with van der Waals surface area (Å²) >= 11 is 0. The third-order valence-electron chi connectivity index (χ3n) is 4.29. The number of aliphatic hydroxyl groups is 1. The van der Waals surface area contributed by atoms with Crippen LogP contribution in [0.5, 0.6) is 0 Å². The van der Waals surface area contributed by atoms with Gasteiger partial charge in [0.15, 0.2) is 0 Å². The van der Waals surface area contributed by atoms with E-state index in [1.54, 1.807) is 0 Å². The Morgan fingerprint density at radius 1 is 0.920 bits per heavy atom. The number of anilines is 1. The monoisotopic (exact) mass is 329 g/mol. The second-order valence-electron chi connectivity index (χ2n) is 5.98. The van der Waals surface area contributed by atoms with Gasteiger partial charge in [0.2, 0.25) is 0 Å². The van der Waals surface area contributed by atoms with Crippen molar-refractivity contribution >= 4 is 16.5 Å². The molecule has 2 nitrogen and oxygen atoms in total. The van der Waals surface area contributed by atoms with Gasteiger partial charge in [0.25, 0.3) is 0 Å². The van der Waals surface area contributed by atoms with Crippen LogP contribution in [0.3, 0.4) is 0 Å². The van der Waals surface area contributed by atoms with Crippen molar-refractivity contribution in [3.05, 3.63) is 77.9 Å². The molecule has 3 aromatic carbocycles. The van der Waals surface area contributed by atoms with Crippen LogP contribution in [0.4, 0.5) is 5.69 Å². The molecular formula is C23H23NO. The predicted molar refractivity (Wildman–Crippen MR) is 106 cm³/mol. The van der Waals surface area contributed by atoms with Crippen LogP contribution in [-0.2, 0) is 6.54 Å². The Morgan fingerprint density at radius 3 is 2.44 bits per heavy atom. The Morgan fingerprint density at radius 2 is 1.68 bits per heavy atom. The van der Waals surface area contributed by atoms with E-state index in [0.717, 1.165) is 18.7 Å². The van der Waals surface area contributed by atoms with Crippen LogP contribution in [0.25, 0.3) is 10.8 Å². The first-order chi connectivity index (χ1) is 12.3. The number of aliphatic hydroxyl groups excluding tert-OH is 1. The third kappa shape index (κ3) is 4.21. The fourth-order valence-corrected chi connectivity index (χ4v) is 2.99. The van der Waals surface area contributed by atoms with Gasteiger partial charge in [-0.2, -0.15) is 0 Å². The zero-order valence-electron chi connectivity index (χ0n) is 14.6. The number of hydrogen-bond donors (Lipinski definition) is 1. The van der Waals surface area contributed by atoms with Crippen molar-refractivity contribution in [2.24, 2.45) is 0 Å². The minimum Gasteiger partial charge on any atom is -0.395 e. The number of rotatable bonds is 5. The summed E-state index contributed by atoms with van der Waals surface area (Å²) in [6, 6.07) is 23.4. The molecule has 3 aromatic rings. The molecule has 2 heteroatoms. The Balaban J connectivity index is 1.81. The van der Waals surface area contributed by atoms with Crippen molar-refractivity contribution in [1.82, 2.24) is 0 Å². The molecule has 0 radical (unpaired) electrons. The second kappa shape index (κ2) is 8.37. The zero-order valence-corrected chi connectivity index (χ0v) is 14.6. The summed E-state index contributed by atoms with van der Waals surface area (Å²) in [5, 5.41) is 11.4. The standard InChI is InChI=1S/C23H23NO/c1-2-24(23-12-7-10-21-9-3-4-11-22(21)23)18-20-15-13-19(14-16-20)8-5-6-17-25/h3-4,7,9-16,25H,2,6,17-18H2,1H3. The lowest BCUT2D eigenvalue weighted by molar-refractivity contribution is 0.305. The SMILES string of the molecule is CCN(Cc1ccc(C#CCCO)cc1)c1cccc2ccccc12. The Labute approximate surface area is 149 Å². The van der Waals surface area contributed by atoms with Gasteiger partial charge < -0.3 is 10.0 Å².